The minimum Gasteiger partial charge on any atom is -0.317 e. The molecule has 0 heterocycles. The predicted molar refractivity (Wildman–Crippen MR) is 112 cm³/mol. The molecule has 0 aromatic carbocycles. The summed E-state index contributed by atoms with van der Waals surface area (Å²) in [5.41, 5.74) is 0.300. The van der Waals surface area contributed by atoms with Crippen molar-refractivity contribution < 1.29 is 0 Å². The van der Waals surface area contributed by atoms with E-state index in [0.29, 0.717) is 5.54 Å². The maximum Gasteiger partial charge on any atom is 0.0503 e. The number of rotatable bonds is 18. The smallest absolute Gasteiger partial charge is 0.0503 e. The normalized spacial score (nSPS) is 14.4. The monoisotopic (exact) mass is 357 g/mol. The van der Waals surface area contributed by atoms with Crippen LogP contribution in [0.15, 0.2) is 0 Å². The van der Waals surface area contributed by atoms with Crippen LogP contribution in [0.5, 0.6) is 0 Å². The van der Waals surface area contributed by atoms with Crippen LogP contribution in [0.25, 0.3) is 0 Å². The molecule has 0 amide bonds. The molecule has 0 aromatic rings. The molecule has 0 saturated carbocycles. The van der Waals surface area contributed by atoms with E-state index in [-0.39, 0.29) is 0 Å². The summed E-state index contributed by atoms with van der Waals surface area (Å²) in [4.78, 5) is 4.91. The zero-order chi connectivity index (χ0) is 19.0. The molecule has 0 spiro atoms. The Balaban J connectivity index is 4.88. The standard InChI is InChI=1S/C20H47N5/c1-7-21-16-11-10-13-20(15-18-23-9-3,14-12-17-22-8-2)25(6)19-24(4)5/h21-23H,7-19H2,1-6H3. The Morgan fingerprint density at radius 3 is 1.72 bits per heavy atom. The van der Waals surface area contributed by atoms with Gasteiger partial charge < -0.3 is 16.0 Å². The molecule has 0 bridgehead atoms. The molecule has 25 heavy (non-hydrogen) atoms. The molecule has 0 radical (unpaired) electrons. The van der Waals surface area contributed by atoms with Crippen molar-refractivity contribution in [3.63, 3.8) is 0 Å². The number of hydrogen-bond donors (Lipinski definition) is 3. The molecule has 0 aliphatic heterocycles. The number of nitrogens with zero attached hydrogens (tertiary/aromatic N) is 2. The average Bonchev–Trinajstić information content (AvgIpc) is 2.57. The van der Waals surface area contributed by atoms with E-state index in [0.717, 1.165) is 45.9 Å². The van der Waals surface area contributed by atoms with Crippen molar-refractivity contribution in [2.75, 3.05) is 67.1 Å². The van der Waals surface area contributed by atoms with Gasteiger partial charge in [0.25, 0.3) is 0 Å². The Morgan fingerprint density at radius 1 is 0.640 bits per heavy atom. The highest BCUT2D eigenvalue weighted by Gasteiger charge is 2.33. The van der Waals surface area contributed by atoms with Crippen molar-refractivity contribution in [1.82, 2.24) is 25.8 Å². The van der Waals surface area contributed by atoms with Crippen molar-refractivity contribution in [2.45, 2.75) is 64.8 Å². The molecule has 5 heteroatoms. The van der Waals surface area contributed by atoms with E-state index in [1.807, 2.05) is 0 Å². The van der Waals surface area contributed by atoms with Gasteiger partial charge in [-0.3, -0.25) is 9.80 Å². The summed E-state index contributed by atoms with van der Waals surface area (Å²) < 4.78 is 0. The molecule has 0 fully saturated rings. The Morgan fingerprint density at radius 2 is 1.16 bits per heavy atom. The lowest BCUT2D eigenvalue weighted by Crippen LogP contribution is -2.51. The van der Waals surface area contributed by atoms with Crippen molar-refractivity contribution in [1.29, 1.82) is 0 Å². The van der Waals surface area contributed by atoms with Gasteiger partial charge in [-0.2, -0.15) is 0 Å². The van der Waals surface area contributed by atoms with Crippen LogP contribution in [0.3, 0.4) is 0 Å². The van der Waals surface area contributed by atoms with Crippen LogP contribution < -0.4 is 16.0 Å². The quantitative estimate of drug-likeness (QED) is 0.260. The first kappa shape index (κ1) is 24.8. The highest BCUT2D eigenvalue weighted by atomic mass is 15.3. The van der Waals surface area contributed by atoms with E-state index in [4.69, 9.17) is 0 Å². The predicted octanol–water partition coefficient (Wildman–Crippen LogP) is 2.35. The zero-order valence-corrected chi connectivity index (χ0v) is 18.1. The number of nitrogens with one attached hydrogen (secondary N) is 3. The Kier molecular flexibility index (Phi) is 15.9. The molecule has 3 N–H and O–H groups in total. The van der Waals surface area contributed by atoms with Gasteiger partial charge in [0, 0.05) is 5.54 Å². The van der Waals surface area contributed by atoms with Gasteiger partial charge in [-0.15, -0.1) is 0 Å². The third kappa shape index (κ3) is 11.9. The highest BCUT2D eigenvalue weighted by molar-refractivity contribution is 4.90. The summed E-state index contributed by atoms with van der Waals surface area (Å²) in [5, 5.41) is 10.5. The maximum atomic E-state index is 3.56. The van der Waals surface area contributed by atoms with Crippen LogP contribution in [0.4, 0.5) is 0 Å². The van der Waals surface area contributed by atoms with E-state index < -0.39 is 0 Å². The molecule has 0 aliphatic rings. The first-order valence-corrected chi connectivity index (χ1v) is 10.5. The fraction of sp³-hybridized carbons (Fsp3) is 1.00. The molecule has 152 valence electrons. The van der Waals surface area contributed by atoms with Crippen molar-refractivity contribution >= 4 is 0 Å². The first-order chi connectivity index (χ1) is 12.0. The highest BCUT2D eigenvalue weighted by Crippen LogP contribution is 2.30. The lowest BCUT2D eigenvalue weighted by molar-refractivity contribution is 0.0440. The summed E-state index contributed by atoms with van der Waals surface area (Å²) in [6, 6.07) is 0. The fourth-order valence-corrected chi connectivity index (χ4v) is 3.62. The van der Waals surface area contributed by atoms with Gasteiger partial charge in [0.15, 0.2) is 0 Å². The van der Waals surface area contributed by atoms with Gasteiger partial charge in [0.05, 0.1) is 6.67 Å². The van der Waals surface area contributed by atoms with Gasteiger partial charge in [0.2, 0.25) is 0 Å². The molecule has 0 aliphatic carbocycles. The van der Waals surface area contributed by atoms with Gasteiger partial charge >= 0.3 is 0 Å². The van der Waals surface area contributed by atoms with Crippen LogP contribution in [-0.2, 0) is 0 Å². The third-order valence-corrected chi connectivity index (χ3v) is 5.06. The van der Waals surface area contributed by atoms with E-state index in [1.54, 1.807) is 0 Å². The second kappa shape index (κ2) is 16.0. The third-order valence-electron chi connectivity index (χ3n) is 5.06. The summed E-state index contributed by atoms with van der Waals surface area (Å²) in [6.45, 7) is 14.2. The molecule has 1 atom stereocenters. The van der Waals surface area contributed by atoms with Gasteiger partial charge in [0.1, 0.15) is 0 Å². The number of hydrogen-bond acceptors (Lipinski definition) is 5. The van der Waals surface area contributed by atoms with E-state index in [1.165, 1.54) is 38.5 Å². The summed E-state index contributed by atoms with van der Waals surface area (Å²) in [5.74, 6) is 0. The van der Waals surface area contributed by atoms with Crippen LogP contribution in [-0.4, -0.2) is 82.4 Å². The van der Waals surface area contributed by atoms with E-state index in [9.17, 15) is 0 Å². The van der Waals surface area contributed by atoms with Crippen LogP contribution in [0.2, 0.25) is 0 Å². The molecule has 0 saturated heterocycles. The van der Waals surface area contributed by atoms with Crippen molar-refractivity contribution in [3.8, 4) is 0 Å². The topological polar surface area (TPSA) is 42.6 Å². The summed E-state index contributed by atoms with van der Waals surface area (Å²) in [7, 11) is 6.67. The SMILES string of the molecule is CCNCCCCC(CCCNCC)(CCNCC)N(C)CN(C)C. The molecule has 0 aromatic heterocycles. The minimum atomic E-state index is 0.300. The van der Waals surface area contributed by atoms with Crippen molar-refractivity contribution in [2.24, 2.45) is 0 Å². The largest absolute Gasteiger partial charge is 0.317 e. The molecular formula is C20H47N5. The number of unbranched alkanes of at least 4 members (excludes halogenated alkanes) is 1. The van der Waals surface area contributed by atoms with Gasteiger partial charge in [-0.25, -0.2) is 0 Å². The molecule has 5 nitrogen and oxygen atoms in total. The first-order valence-electron chi connectivity index (χ1n) is 10.5. The minimum absolute atomic E-state index is 0.300. The Bertz CT molecular complexity index is 285. The second-order valence-electron chi connectivity index (χ2n) is 7.51. The maximum absolute atomic E-state index is 3.56. The van der Waals surface area contributed by atoms with Gasteiger partial charge in [-0.05, 0) is 92.5 Å². The molecule has 0 rings (SSSR count). The van der Waals surface area contributed by atoms with Crippen LogP contribution >= 0.6 is 0 Å². The lowest BCUT2D eigenvalue weighted by Gasteiger charge is -2.44. The molecule has 1 unspecified atom stereocenters. The Hall–Kier alpha value is -0.200. The summed E-state index contributed by atoms with van der Waals surface area (Å²) >= 11 is 0. The van der Waals surface area contributed by atoms with Gasteiger partial charge in [-0.1, -0.05) is 27.2 Å². The van der Waals surface area contributed by atoms with Crippen LogP contribution in [0, 0.1) is 0 Å². The van der Waals surface area contributed by atoms with E-state index in [2.05, 4.69) is 67.7 Å². The lowest BCUT2D eigenvalue weighted by atomic mass is 9.83. The zero-order valence-electron chi connectivity index (χ0n) is 18.1. The van der Waals surface area contributed by atoms with Crippen molar-refractivity contribution in [3.05, 3.63) is 0 Å². The van der Waals surface area contributed by atoms with E-state index >= 15 is 0 Å². The molecular weight excluding hydrogens is 310 g/mol. The average molecular weight is 358 g/mol. The van der Waals surface area contributed by atoms with Crippen LogP contribution in [0.1, 0.15) is 59.3 Å². The second-order valence-corrected chi connectivity index (χ2v) is 7.51. The summed E-state index contributed by atoms with van der Waals surface area (Å²) in [6.07, 6.45) is 7.64. The fourth-order valence-electron chi connectivity index (χ4n) is 3.62. The Labute approximate surface area is 158 Å².